The number of hydrogen-bond acceptors (Lipinski definition) is 3. The van der Waals surface area contributed by atoms with Gasteiger partial charge < -0.3 is 5.41 Å². The molecular formula is C10H7NO2. The molecule has 0 aromatic heterocycles. The van der Waals surface area contributed by atoms with Gasteiger partial charge in [0.05, 0.1) is 12.1 Å². The average molecular weight is 173 g/mol. The van der Waals surface area contributed by atoms with Crippen molar-refractivity contribution in [2.24, 2.45) is 0 Å². The van der Waals surface area contributed by atoms with E-state index in [4.69, 9.17) is 5.41 Å². The lowest BCUT2D eigenvalue weighted by Gasteiger charge is -2.13. The summed E-state index contributed by atoms with van der Waals surface area (Å²) in [5.41, 5.74) is 0.705. The first-order chi connectivity index (χ1) is 6.20. The SMILES string of the molecule is N=C1CC(=O)c2ccccc2C1=O. The maximum atomic E-state index is 11.4. The van der Waals surface area contributed by atoms with E-state index in [2.05, 4.69) is 0 Å². The minimum atomic E-state index is -0.324. The normalized spacial score (nSPS) is 15.8. The van der Waals surface area contributed by atoms with E-state index in [1.165, 1.54) is 0 Å². The lowest BCUT2D eigenvalue weighted by molar-refractivity contribution is 0.0964. The summed E-state index contributed by atoms with van der Waals surface area (Å²) >= 11 is 0. The van der Waals surface area contributed by atoms with Crippen LogP contribution < -0.4 is 0 Å². The van der Waals surface area contributed by atoms with Crippen molar-refractivity contribution in [1.82, 2.24) is 0 Å². The summed E-state index contributed by atoms with van der Waals surface area (Å²) in [5.74, 6) is -0.463. The van der Waals surface area contributed by atoms with E-state index in [-0.39, 0.29) is 23.7 Å². The predicted octanol–water partition coefficient (Wildman–Crippen LogP) is 1.48. The highest BCUT2D eigenvalue weighted by Gasteiger charge is 2.27. The molecule has 0 saturated carbocycles. The zero-order valence-electron chi connectivity index (χ0n) is 6.83. The molecule has 0 saturated heterocycles. The fourth-order valence-electron chi connectivity index (χ4n) is 1.42. The Morgan fingerprint density at radius 2 is 1.69 bits per heavy atom. The maximum absolute atomic E-state index is 11.4. The Hall–Kier alpha value is -1.77. The van der Waals surface area contributed by atoms with Crippen LogP contribution in [-0.2, 0) is 0 Å². The molecule has 1 aromatic rings. The summed E-state index contributed by atoms with van der Waals surface area (Å²) in [6.07, 6.45) is -0.0597. The van der Waals surface area contributed by atoms with Crippen molar-refractivity contribution in [3.63, 3.8) is 0 Å². The second-order valence-electron chi connectivity index (χ2n) is 2.95. The van der Waals surface area contributed by atoms with Crippen LogP contribution in [0.1, 0.15) is 27.1 Å². The van der Waals surface area contributed by atoms with Crippen molar-refractivity contribution in [3.8, 4) is 0 Å². The molecule has 0 unspecified atom stereocenters. The van der Waals surface area contributed by atoms with Crippen molar-refractivity contribution >= 4 is 17.3 Å². The largest absolute Gasteiger partial charge is 0.301 e. The fraction of sp³-hybridized carbons (Fsp3) is 0.100. The molecule has 2 rings (SSSR count). The number of carbonyl (C=O) groups is 2. The number of hydrogen-bond donors (Lipinski definition) is 1. The first-order valence-corrected chi connectivity index (χ1v) is 3.94. The number of Topliss-reactive ketones (excluding diaryl/α,β-unsaturated/α-hetero) is 2. The molecule has 0 bridgehead atoms. The smallest absolute Gasteiger partial charge is 0.207 e. The number of benzene rings is 1. The van der Waals surface area contributed by atoms with Crippen LogP contribution in [0.2, 0.25) is 0 Å². The first kappa shape index (κ1) is 7.86. The van der Waals surface area contributed by atoms with E-state index in [0.29, 0.717) is 11.1 Å². The van der Waals surface area contributed by atoms with Crippen molar-refractivity contribution in [2.45, 2.75) is 6.42 Å². The van der Waals surface area contributed by atoms with Gasteiger partial charge in [0.15, 0.2) is 5.78 Å². The molecule has 3 heteroatoms. The molecule has 0 fully saturated rings. The van der Waals surface area contributed by atoms with Gasteiger partial charge in [0.2, 0.25) is 5.78 Å². The molecule has 0 amide bonds. The highest BCUT2D eigenvalue weighted by atomic mass is 16.1. The Labute approximate surface area is 74.9 Å². The minimum Gasteiger partial charge on any atom is -0.301 e. The molecule has 0 radical (unpaired) electrons. The minimum absolute atomic E-state index is 0.0597. The summed E-state index contributed by atoms with van der Waals surface area (Å²) in [6, 6.07) is 6.63. The van der Waals surface area contributed by atoms with Gasteiger partial charge in [-0.15, -0.1) is 0 Å². The molecule has 1 aromatic carbocycles. The molecule has 0 heterocycles. The molecule has 13 heavy (non-hydrogen) atoms. The van der Waals surface area contributed by atoms with Crippen LogP contribution in [0.3, 0.4) is 0 Å². The van der Waals surface area contributed by atoms with Gasteiger partial charge in [-0.05, 0) is 0 Å². The molecule has 1 aliphatic rings. The van der Waals surface area contributed by atoms with Crippen molar-refractivity contribution in [3.05, 3.63) is 35.4 Å². The van der Waals surface area contributed by atoms with Crippen LogP contribution >= 0.6 is 0 Å². The van der Waals surface area contributed by atoms with E-state index in [1.54, 1.807) is 24.3 Å². The second-order valence-corrected chi connectivity index (χ2v) is 2.95. The van der Waals surface area contributed by atoms with Gasteiger partial charge in [0.25, 0.3) is 0 Å². The Bertz CT molecular complexity index is 421. The Kier molecular flexibility index (Phi) is 1.59. The van der Waals surface area contributed by atoms with Crippen LogP contribution in [-0.4, -0.2) is 17.3 Å². The van der Waals surface area contributed by atoms with Gasteiger partial charge >= 0.3 is 0 Å². The molecule has 1 N–H and O–H groups in total. The molecule has 64 valence electrons. The molecule has 0 aliphatic heterocycles. The molecular weight excluding hydrogens is 166 g/mol. The van der Waals surface area contributed by atoms with Crippen LogP contribution in [0.4, 0.5) is 0 Å². The zero-order valence-corrected chi connectivity index (χ0v) is 6.83. The number of carbonyl (C=O) groups excluding carboxylic acids is 2. The van der Waals surface area contributed by atoms with Crippen molar-refractivity contribution in [2.75, 3.05) is 0 Å². The highest BCUT2D eigenvalue weighted by Crippen LogP contribution is 2.18. The summed E-state index contributed by atoms with van der Waals surface area (Å²) in [4.78, 5) is 22.7. The summed E-state index contributed by atoms with van der Waals surface area (Å²) in [7, 11) is 0. The van der Waals surface area contributed by atoms with Gasteiger partial charge in [0, 0.05) is 11.1 Å². The summed E-state index contributed by atoms with van der Waals surface area (Å²) in [6.45, 7) is 0. The van der Waals surface area contributed by atoms with E-state index in [1.807, 2.05) is 0 Å². The molecule has 0 atom stereocenters. The fourth-order valence-corrected chi connectivity index (χ4v) is 1.42. The summed E-state index contributed by atoms with van der Waals surface area (Å²) < 4.78 is 0. The molecule has 3 nitrogen and oxygen atoms in total. The number of rotatable bonds is 0. The van der Waals surface area contributed by atoms with E-state index in [0.717, 1.165) is 0 Å². The van der Waals surface area contributed by atoms with Crippen LogP contribution in [0, 0.1) is 5.41 Å². The van der Waals surface area contributed by atoms with Gasteiger partial charge in [-0.3, -0.25) is 9.59 Å². The average Bonchev–Trinajstić information content (AvgIpc) is 2.15. The van der Waals surface area contributed by atoms with Crippen LogP contribution in [0.15, 0.2) is 24.3 Å². The number of nitrogens with one attached hydrogen (secondary N) is 1. The van der Waals surface area contributed by atoms with E-state index in [9.17, 15) is 9.59 Å². The quantitative estimate of drug-likeness (QED) is 0.645. The topological polar surface area (TPSA) is 58.0 Å². The van der Waals surface area contributed by atoms with Crippen LogP contribution in [0.25, 0.3) is 0 Å². The third kappa shape index (κ3) is 1.09. The first-order valence-electron chi connectivity index (χ1n) is 3.94. The third-order valence-corrected chi connectivity index (χ3v) is 2.08. The summed E-state index contributed by atoms with van der Waals surface area (Å²) in [5, 5.41) is 7.29. The van der Waals surface area contributed by atoms with Gasteiger partial charge in [-0.2, -0.15) is 0 Å². The predicted molar refractivity (Wildman–Crippen MR) is 47.4 cm³/mol. The van der Waals surface area contributed by atoms with Gasteiger partial charge in [0.1, 0.15) is 0 Å². The number of ketones is 2. The Morgan fingerprint density at radius 3 is 2.38 bits per heavy atom. The Morgan fingerprint density at radius 1 is 1.08 bits per heavy atom. The van der Waals surface area contributed by atoms with E-state index >= 15 is 0 Å². The van der Waals surface area contributed by atoms with Crippen LogP contribution in [0.5, 0.6) is 0 Å². The highest BCUT2D eigenvalue weighted by molar-refractivity contribution is 6.51. The van der Waals surface area contributed by atoms with E-state index < -0.39 is 0 Å². The number of fused-ring (bicyclic) bond motifs is 1. The molecule has 0 spiro atoms. The molecule has 1 aliphatic carbocycles. The maximum Gasteiger partial charge on any atom is 0.207 e. The monoisotopic (exact) mass is 173 g/mol. The third-order valence-electron chi connectivity index (χ3n) is 2.08. The standard InChI is InChI=1S/C10H7NO2/c11-8-5-9(12)6-3-1-2-4-7(6)10(8)13/h1-4,11H,5H2. The second kappa shape index (κ2) is 2.62. The van der Waals surface area contributed by atoms with Gasteiger partial charge in [-0.25, -0.2) is 0 Å². The zero-order chi connectivity index (χ0) is 9.42. The van der Waals surface area contributed by atoms with Gasteiger partial charge in [-0.1, -0.05) is 24.3 Å². The van der Waals surface area contributed by atoms with Crippen molar-refractivity contribution in [1.29, 1.82) is 5.41 Å². The lowest BCUT2D eigenvalue weighted by atomic mass is 9.88. The lowest BCUT2D eigenvalue weighted by Crippen LogP contribution is -2.25. The van der Waals surface area contributed by atoms with Crippen molar-refractivity contribution < 1.29 is 9.59 Å². The Balaban J connectivity index is 2.67.